The maximum Gasteiger partial charge on any atom is 0.264 e. The fourth-order valence-electron chi connectivity index (χ4n) is 1.97. The van der Waals surface area contributed by atoms with Gasteiger partial charge in [0, 0.05) is 4.47 Å². The molecule has 118 valence electrons. The number of nitrogens with zero attached hydrogens (tertiary/aromatic N) is 2. The van der Waals surface area contributed by atoms with Gasteiger partial charge in [-0.15, -0.1) is 0 Å². The molecule has 0 radical (unpaired) electrons. The summed E-state index contributed by atoms with van der Waals surface area (Å²) in [7, 11) is 0. The third-order valence-electron chi connectivity index (χ3n) is 3.05. The van der Waals surface area contributed by atoms with Crippen molar-refractivity contribution in [2.45, 2.75) is 20.1 Å². The van der Waals surface area contributed by atoms with Crippen molar-refractivity contribution in [3.63, 3.8) is 0 Å². The van der Waals surface area contributed by atoms with Crippen molar-refractivity contribution in [2.75, 3.05) is 0 Å². The van der Waals surface area contributed by atoms with Crippen molar-refractivity contribution < 1.29 is 14.0 Å². The first-order chi connectivity index (χ1) is 11.2. The van der Waals surface area contributed by atoms with Gasteiger partial charge in [-0.25, -0.2) is 0 Å². The van der Waals surface area contributed by atoms with Crippen LogP contribution in [0.4, 0.5) is 0 Å². The molecule has 23 heavy (non-hydrogen) atoms. The zero-order chi connectivity index (χ0) is 16.1. The Balaban J connectivity index is 1.52. The first-order valence-corrected chi connectivity index (χ1v) is 7.87. The van der Waals surface area contributed by atoms with E-state index in [1.54, 1.807) is 6.92 Å². The molecule has 2 aromatic carbocycles. The highest BCUT2D eigenvalue weighted by molar-refractivity contribution is 9.10. The van der Waals surface area contributed by atoms with E-state index in [-0.39, 0.29) is 6.61 Å². The standard InChI is InChI=1S/C17H15BrN2O3/c1-12-19-17(23-20-12)11-22-16-7-5-15(6-8-16)21-10-13-3-2-4-14(18)9-13/h2-9H,10-11H2,1H3. The van der Waals surface area contributed by atoms with E-state index >= 15 is 0 Å². The second-order valence-corrected chi connectivity index (χ2v) is 5.83. The lowest BCUT2D eigenvalue weighted by molar-refractivity contribution is 0.242. The number of hydrogen-bond donors (Lipinski definition) is 0. The molecule has 0 N–H and O–H groups in total. The van der Waals surface area contributed by atoms with Gasteiger partial charge in [-0.3, -0.25) is 0 Å². The molecular formula is C17H15BrN2O3. The van der Waals surface area contributed by atoms with E-state index in [9.17, 15) is 0 Å². The number of aryl methyl sites for hydroxylation is 1. The average Bonchev–Trinajstić information content (AvgIpc) is 2.98. The molecule has 1 aromatic heterocycles. The number of hydrogen-bond acceptors (Lipinski definition) is 5. The summed E-state index contributed by atoms with van der Waals surface area (Å²) < 4.78 is 17.4. The summed E-state index contributed by atoms with van der Waals surface area (Å²) in [6, 6.07) is 15.5. The Morgan fingerprint density at radius 2 is 1.70 bits per heavy atom. The van der Waals surface area contributed by atoms with Crippen molar-refractivity contribution in [3.8, 4) is 11.5 Å². The summed E-state index contributed by atoms with van der Waals surface area (Å²) in [5, 5.41) is 3.71. The minimum absolute atomic E-state index is 0.249. The average molecular weight is 375 g/mol. The van der Waals surface area contributed by atoms with Gasteiger partial charge in [0.15, 0.2) is 12.4 Å². The van der Waals surface area contributed by atoms with E-state index in [0.29, 0.717) is 18.3 Å². The van der Waals surface area contributed by atoms with Crippen LogP contribution in [0.2, 0.25) is 0 Å². The molecule has 0 aliphatic rings. The quantitative estimate of drug-likeness (QED) is 0.643. The van der Waals surface area contributed by atoms with Gasteiger partial charge in [0.2, 0.25) is 0 Å². The maximum atomic E-state index is 5.75. The first-order valence-electron chi connectivity index (χ1n) is 7.08. The molecule has 5 nitrogen and oxygen atoms in total. The fraction of sp³-hybridized carbons (Fsp3) is 0.176. The van der Waals surface area contributed by atoms with Gasteiger partial charge in [0.25, 0.3) is 5.89 Å². The van der Waals surface area contributed by atoms with Crippen molar-refractivity contribution in [1.29, 1.82) is 0 Å². The molecule has 0 saturated carbocycles. The zero-order valence-corrected chi connectivity index (χ0v) is 14.1. The Hall–Kier alpha value is -2.34. The van der Waals surface area contributed by atoms with Crippen molar-refractivity contribution in [2.24, 2.45) is 0 Å². The summed E-state index contributed by atoms with van der Waals surface area (Å²) in [4.78, 5) is 4.08. The van der Waals surface area contributed by atoms with E-state index in [4.69, 9.17) is 14.0 Å². The van der Waals surface area contributed by atoms with Gasteiger partial charge in [0.1, 0.15) is 18.1 Å². The SMILES string of the molecule is Cc1noc(COc2ccc(OCc3cccc(Br)c3)cc2)n1. The maximum absolute atomic E-state index is 5.75. The Morgan fingerprint density at radius 1 is 1.00 bits per heavy atom. The van der Waals surface area contributed by atoms with E-state index in [0.717, 1.165) is 21.5 Å². The van der Waals surface area contributed by atoms with Gasteiger partial charge >= 0.3 is 0 Å². The lowest BCUT2D eigenvalue weighted by atomic mass is 10.2. The van der Waals surface area contributed by atoms with Crippen molar-refractivity contribution in [1.82, 2.24) is 10.1 Å². The van der Waals surface area contributed by atoms with Gasteiger partial charge in [-0.1, -0.05) is 33.2 Å². The fourth-order valence-corrected chi connectivity index (χ4v) is 2.42. The summed E-state index contributed by atoms with van der Waals surface area (Å²) >= 11 is 3.45. The third kappa shape index (κ3) is 4.56. The molecule has 1 heterocycles. The van der Waals surface area contributed by atoms with Crippen LogP contribution < -0.4 is 9.47 Å². The summed E-state index contributed by atoms with van der Waals surface area (Å²) in [6.07, 6.45) is 0. The highest BCUT2D eigenvalue weighted by Crippen LogP contribution is 2.20. The van der Waals surface area contributed by atoms with Gasteiger partial charge in [-0.05, 0) is 48.9 Å². The van der Waals surface area contributed by atoms with E-state index in [1.807, 2.05) is 48.5 Å². The smallest absolute Gasteiger partial charge is 0.264 e. The molecule has 6 heteroatoms. The summed E-state index contributed by atoms with van der Waals surface area (Å²) in [6.45, 7) is 2.53. The molecule has 0 atom stereocenters. The number of ether oxygens (including phenoxy) is 2. The minimum atomic E-state index is 0.249. The molecule has 0 saturated heterocycles. The molecule has 0 amide bonds. The molecular weight excluding hydrogens is 360 g/mol. The Kier molecular flexibility index (Phi) is 4.92. The molecule has 3 aromatic rings. The predicted octanol–water partition coefficient (Wildman–Crippen LogP) is 4.30. The molecule has 0 aliphatic carbocycles. The Morgan fingerprint density at radius 3 is 2.30 bits per heavy atom. The van der Waals surface area contributed by atoms with Crippen LogP contribution in [0.25, 0.3) is 0 Å². The van der Waals surface area contributed by atoms with Gasteiger partial charge < -0.3 is 14.0 Å². The highest BCUT2D eigenvalue weighted by Gasteiger charge is 2.04. The topological polar surface area (TPSA) is 57.4 Å². The molecule has 0 unspecified atom stereocenters. The number of halogens is 1. The lowest BCUT2D eigenvalue weighted by Crippen LogP contribution is -1.97. The largest absolute Gasteiger partial charge is 0.489 e. The van der Waals surface area contributed by atoms with E-state index < -0.39 is 0 Å². The number of aromatic nitrogens is 2. The van der Waals surface area contributed by atoms with Crippen LogP contribution in [0.15, 0.2) is 57.5 Å². The molecule has 0 fully saturated rings. The van der Waals surface area contributed by atoms with Crippen LogP contribution >= 0.6 is 15.9 Å². The first kappa shape index (κ1) is 15.6. The highest BCUT2D eigenvalue weighted by atomic mass is 79.9. The zero-order valence-electron chi connectivity index (χ0n) is 12.5. The molecule has 3 rings (SSSR count). The van der Waals surface area contributed by atoms with E-state index in [1.165, 1.54) is 0 Å². The van der Waals surface area contributed by atoms with Crippen LogP contribution in [-0.4, -0.2) is 10.1 Å². The van der Waals surface area contributed by atoms with Crippen molar-refractivity contribution >= 4 is 15.9 Å². The number of benzene rings is 2. The van der Waals surface area contributed by atoms with Crippen molar-refractivity contribution in [3.05, 3.63) is 70.3 Å². The second kappa shape index (κ2) is 7.28. The number of rotatable bonds is 6. The summed E-state index contributed by atoms with van der Waals surface area (Å²) in [5.41, 5.74) is 1.10. The van der Waals surface area contributed by atoms with Crippen LogP contribution in [0.5, 0.6) is 11.5 Å². The summed E-state index contributed by atoms with van der Waals surface area (Å²) in [5.74, 6) is 2.55. The van der Waals surface area contributed by atoms with Crippen LogP contribution in [0.1, 0.15) is 17.3 Å². The molecule has 0 aliphatic heterocycles. The Labute approximate surface area is 142 Å². The molecule has 0 bridgehead atoms. The normalized spacial score (nSPS) is 10.5. The monoisotopic (exact) mass is 374 g/mol. The van der Waals surface area contributed by atoms with E-state index in [2.05, 4.69) is 26.1 Å². The van der Waals surface area contributed by atoms with Gasteiger partial charge in [-0.2, -0.15) is 4.98 Å². The molecule has 0 spiro atoms. The van der Waals surface area contributed by atoms with Crippen LogP contribution in [-0.2, 0) is 13.2 Å². The lowest BCUT2D eigenvalue weighted by Gasteiger charge is -2.08. The van der Waals surface area contributed by atoms with Gasteiger partial charge in [0.05, 0.1) is 0 Å². The van der Waals surface area contributed by atoms with Crippen LogP contribution in [0, 0.1) is 6.92 Å². The Bertz CT molecular complexity index is 772. The second-order valence-electron chi connectivity index (χ2n) is 4.91. The minimum Gasteiger partial charge on any atom is -0.489 e. The van der Waals surface area contributed by atoms with Crippen LogP contribution in [0.3, 0.4) is 0 Å². The predicted molar refractivity (Wildman–Crippen MR) is 88.3 cm³/mol. The third-order valence-corrected chi connectivity index (χ3v) is 3.54.